The summed E-state index contributed by atoms with van der Waals surface area (Å²) in [6.07, 6.45) is 0. The van der Waals surface area contributed by atoms with Crippen LogP contribution in [0.1, 0.15) is 6.92 Å². The number of benzene rings is 1. The highest BCUT2D eigenvalue weighted by Crippen LogP contribution is 2.32. The van der Waals surface area contributed by atoms with Gasteiger partial charge in [-0.15, -0.1) is 11.3 Å². The Balaban J connectivity index is 2.37. The summed E-state index contributed by atoms with van der Waals surface area (Å²) in [6.45, 7) is 3.00. The molecule has 0 unspecified atom stereocenters. The van der Waals surface area contributed by atoms with Gasteiger partial charge in [-0.05, 0) is 24.1 Å². The van der Waals surface area contributed by atoms with Gasteiger partial charge in [0, 0.05) is 6.54 Å². The largest absolute Gasteiger partial charge is 0.494 e. The lowest BCUT2D eigenvalue weighted by molar-refractivity contribution is 0.419. The van der Waals surface area contributed by atoms with Crippen molar-refractivity contribution in [2.75, 3.05) is 13.7 Å². The topological polar surface area (TPSA) is 34.2 Å². The van der Waals surface area contributed by atoms with Gasteiger partial charge in [0.15, 0.2) is 4.34 Å². The molecule has 1 aromatic heterocycles. The maximum Gasteiger partial charge on any atom is 0.166 e. The molecule has 0 fully saturated rings. The zero-order valence-corrected chi connectivity index (χ0v) is 10.2. The molecule has 0 aliphatic heterocycles. The predicted octanol–water partition coefficient (Wildman–Crippen LogP) is 2.92. The second kappa shape index (κ2) is 4.83. The van der Waals surface area contributed by atoms with Crippen molar-refractivity contribution in [3.63, 3.8) is 0 Å². The molecule has 0 radical (unpaired) electrons. The lowest BCUT2D eigenvalue weighted by atomic mass is 10.3. The fourth-order valence-electron chi connectivity index (χ4n) is 1.25. The molecule has 0 saturated carbocycles. The van der Waals surface area contributed by atoms with Crippen LogP contribution in [0.25, 0.3) is 10.2 Å². The van der Waals surface area contributed by atoms with Gasteiger partial charge in [-0.2, -0.15) is 0 Å². The molecular formula is C10H12N2OS2. The quantitative estimate of drug-likeness (QED) is 0.833. The van der Waals surface area contributed by atoms with Gasteiger partial charge in [-0.1, -0.05) is 13.0 Å². The number of thiazole rings is 1. The van der Waals surface area contributed by atoms with Crippen molar-refractivity contribution in [2.24, 2.45) is 0 Å². The van der Waals surface area contributed by atoms with Crippen LogP contribution in [0.2, 0.25) is 0 Å². The molecule has 0 aliphatic rings. The molecule has 15 heavy (non-hydrogen) atoms. The van der Waals surface area contributed by atoms with E-state index in [2.05, 4.69) is 22.7 Å². The Kier molecular flexibility index (Phi) is 3.45. The summed E-state index contributed by atoms with van der Waals surface area (Å²) >= 11 is 3.24. The van der Waals surface area contributed by atoms with Crippen molar-refractivity contribution in [3.8, 4) is 5.75 Å². The van der Waals surface area contributed by atoms with Crippen LogP contribution in [-0.2, 0) is 0 Å². The van der Waals surface area contributed by atoms with Gasteiger partial charge in [0.2, 0.25) is 0 Å². The first-order chi connectivity index (χ1) is 7.35. The highest BCUT2D eigenvalue weighted by Gasteiger charge is 2.07. The van der Waals surface area contributed by atoms with Crippen LogP contribution in [0.3, 0.4) is 0 Å². The van der Waals surface area contributed by atoms with E-state index in [1.54, 1.807) is 30.4 Å². The van der Waals surface area contributed by atoms with Gasteiger partial charge < -0.3 is 4.74 Å². The van der Waals surface area contributed by atoms with E-state index in [0.29, 0.717) is 0 Å². The summed E-state index contributed by atoms with van der Waals surface area (Å²) in [4.78, 5) is 4.52. The third-order valence-corrected chi connectivity index (χ3v) is 3.90. The van der Waals surface area contributed by atoms with Crippen LogP contribution in [0, 0.1) is 0 Å². The van der Waals surface area contributed by atoms with Gasteiger partial charge in [0.05, 0.1) is 11.8 Å². The number of fused-ring (bicyclic) bond motifs is 1. The third-order valence-electron chi connectivity index (χ3n) is 1.89. The van der Waals surface area contributed by atoms with E-state index >= 15 is 0 Å². The maximum absolute atomic E-state index is 5.26. The SMILES string of the molecule is CCNSc1nc2c(OC)cccc2s1. The molecule has 0 amide bonds. The Morgan fingerprint density at radius 1 is 1.53 bits per heavy atom. The van der Waals surface area contributed by atoms with Crippen molar-refractivity contribution in [1.29, 1.82) is 0 Å². The Morgan fingerprint density at radius 2 is 2.40 bits per heavy atom. The van der Waals surface area contributed by atoms with E-state index in [0.717, 1.165) is 26.9 Å². The molecule has 2 aromatic rings. The van der Waals surface area contributed by atoms with Crippen LogP contribution in [0.4, 0.5) is 0 Å². The zero-order chi connectivity index (χ0) is 10.7. The maximum atomic E-state index is 5.26. The summed E-state index contributed by atoms with van der Waals surface area (Å²) < 4.78 is 10.6. The average molecular weight is 240 g/mol. The van der Waals surface area contributed by atoms with E-state index in [1.807, 2.05) is 12.1 Å². The van der Waals surface area contributed by atoms with Crippen LogP contribution >= 0.6 is 23.3 Å². The number of methoxy groups -OCH3 is 1. The summed E-state index contributed by atoms with van der Waals surface area (Å²) in [7, 11) is 1.67. The van der Waals surface area contributed by atoms with Gasteiger partial charge in [0.25, 0.3) is 0 Å². The molecule has 0 aliphatic carbocycles. The second-order valence-corrected chi connectivity index (χ2v) is 5.06. The minimum absolute atomic E-state index is 0.840. The van der Waals surface area contributed by atoms with Crippen molar-refractivity contribution in [3.05, 3.63) is 18.2 Å². The molecule has 0 saturated heterocycles. The van der Waals surface area contributed by atoms with Crippen molar-refractivity contribution in [1.82, 2.24) is 9.71 Å². The molecule has 0 bridgehead atoms. The molecule has 1 N–H and O–H groups in total. The summed E-state index contributed by atoms with van der Waals surface area (Å²) in [5, 5.41) is 0. The molecule has 5 heteroatoms. The van der Waals surface area contributed by atoms with Gasteiger partial charge in [-0.3, -0.25) is 4.72 Å². The molecule has 1 aromatic carbocycles. The Labute approximate surface area is 97.0 Å². The molecule has 2 rings (SSSR count). The standard InChI is InChI=1S/C10H12N2OS2/c1-3-11-15-10-12-9-7(13-2)5-4-6-8(9)14-10/h4-6,11H,3H2,1-2H3. The van der Waals surface area contributed by atoms with E-state index in [4.69, 9.17) is 4.74 Å². The molecular weight excluding hydrogens is 228 g/mol. The predicted molar refractivity (Wildman–Crippen MR) is 65.7 cm³/mol. The molecule has 3 nitrogen and oxygen atoms in total. The van der Waals surface area contributed by atoms with Crippen molar-refractivity contribution < 1.29 is 4.74 Å². The highest BCUT2D eigenvalue weighted by atomic mass is 32.2. The number of nitrogens with one attached hydrogen (secondary N) is 1. The van der Waals surface area contributed by atoms with Crippen LogP contribution < -0.4 is 9.46 Å². The monoisotopic (exact) mass is 240 g/mol. The number of para-hydroxylation sites is 1. The number of ether oxygens (including phenoxy) is 1. The molecule has 80 valence electrons. The van der Waals surface area contributed by atoms with E-state index in [9.17, 15) is 0 Å². The van der Waals surface area contributed by atoms with Crippen LogP contribution in [0.5, 0.6) is 5.75 Å². The second-order valence-electron chi connectivity index (χ2n) is 2.89. The molecule has 1 heterocycles. The average Bonchev–Trinajstić information content (AvgIpc) is 2.68. The highest BCUT2D eigenvalue weighted by molar-refractivity contribution is 7.99. The first-order valence-corrected chi connectivity index (χ1v) is 6.31. The smallest absolute Gasteiger partial charge is 0.166 e. The minimum atomic E-state index is 0.840. The van der Waals surface area contributed by atoms with Gasteiger partial charge >= 0.3 is 0 Å². The number of nitrogens with zero attached hydrogens (tertiary/aromatic N) is 1. The van der Waals surface area contributed by atoms with Gasteiger partial charge in [-0.25, -0.2) is 4.98 Å². The van der Waals surface area contributed by atoms with Crippen LogP contribution in [-0.4, -0.2) is 18.6 Å². The lowest BCUT2D eigenvalue weighted by Crippen LogP contribution is -1.99. The van der Waals surface area contributed by atoms with Crippen molar-refractivity contribution in [2.45, 2.75) is 11.3 Å². The molecule has 0 atom stereocenters. The Hall–Kier alpha value is -0.780. The first-order valence-electron chi connectivity index (χ1n) is 4.68. The van der Waals surface area contributed by atoms with Crippen molar-refractivity contribution >= 4 is 33.5 Å². The van der Waals surface area contributed by atoms with Gasteiger partial charge in [0.1, 0.15) is 11.3 Å². The van der Waals surface area contributed by atoms with E-state index < -0.39 is 0 Å². The summed E-state index contributed by atoms with van der Waals surface area (Å²) in [6, 6.07) is 5.98. The number of hydrogen-bond acceptors (Lipinski definition) is 5. The normalized spacial score (nSPS) is 10.8. The Bertz CT molecular complexity index is 456. The zero-order valence-electron chi connectivity index (χ0n) is 8.61. The fourth-order valence-corrected chi connectivity index (χ4v) is 2.98. The lowest BCUT2D eigenvalue weighted by Gasteiger charge is -1.98. The summed E-state index contributed by atoms with van der Waals surface area (Å²) in [5.74, 6) is 0.840. The third kappa shape index (κ3) is 2.25. The number of hydrogen-bond donors (Lipinski definition) is 1. The summed E-state index contributed by atoms with van der Waals surface area (Å²) in [5.41, 5.74) is 0.949. The van der Waals surface area contributed by atoms with E-state index in [1.165, 1.54) is 0 Å². The van der Waals surface area contributed by atoms with E-state index in [-0.39, 0.29) is 0 Å². The molecule has 0 spiro atoms. The first kappa shape index (κ1) is 10.7. The number of aromatic nitrogens is 1. The minimum Gasteiger partial charge on any atom is -0.494 e. The Morgan fingerprint density at radius 3 is 3.13 bits per heavy atom. The van der Waals surface area contributed by atoms with Crippen LogP contribution in [0.15, 0.2) is 22.5 Å². The number of rotatable bonds is 4. The fraction of sp³-hybridized carbons (Fsp3) is 0.300.